The topological polar surface area (TPSA) is 35.8 Å². The van der Waals surface area contributed by atoms with Gasteiger partial charge >= 0.3 is 0 Å². The zero-order valence-corrected chi connectivity index (χ0v) is 12.7. The van der Waals surface area contributed by atoms with E-state index >= 15 is 0 Å². The summed E-state index contributed by atoms with van der Waals surface area (Å²) in [7, 11) is 0. The Morgan fingerprint density at radius 2 is 2.00 bits per heavy atom. The fraction of sp³-hybridized carbons (Fsp3) is 0.167. The molecule has 1 atom stereocenters. The van der Waals surface area contributed by atoms with Gasteiger partial charge in [-0.15, -0.1) is 11.3 Å². The molecule has 0 saturated heterocycles. The molecule has 0 bridgehead atoms. The molecule has 3 rings (SSSR count). The van der Waals surface area contributed by atoms with Crippen molar-refractivity contribution in [2.45, 2.75) is 19.5 Å². The van der Waals surface area contributed by atoms with Crippen molar-refractivity contribution in [1.82, 2.24) is 5.32 Å². The van der Waals surface area contributed by atoms with E-state index in [1.54, 1.807) is 11.3 Å². The molecule has 2 nitrogen and oxygen atoms in total. The highest BCUT2D eigenvalue weighted by Gasteiger charge is 2.09. The predicted molar refractivity (Wildman–Crippen MR) is 88.2 cm³/mol. The molecule has 1 unspecified atom stereocenters. The van der Waals surface area contributed by atoms with E-state index in [1.807, 2.05) is 11.4 Å². The molecule has 0 amide bonds. The van der Waals surface area contributed by atoms with E-state index in [2.05, 4.69) is 60.8 Å². The van der Waals surface area contributed by atoms with E-state index in [-0.39, 0.29) is 6.04 Å². The van der Waals surface area contributed by atoms with Crippen LogP contribution in [0.4, 0.5) is 0 Å². The smallest absolute Gasteiger partial charge is 0.100 e. The number of nitriles is 1. The Morgan fingerprint density at radius 1 is 1.19 bits per heavy atom. The average Bonchev–Trinajstić information content (AvgIpc) is 3.00. The summed E-state index contributed by atoms with van der Waals surface area (Å²) in [6.07, 6.45) is 0. The summed E-state index contributed by atoms with van der Waals surface area (Å²) in [5.41, 5.74) is 2.06. The second-order valence-corrected chi connectivity index (χ2v) is 6.08. The molecule has 0 aliphatic rings. The number of nitrogens with one attached hydrogen (secondary N) is 1. The zero-order valence-electron chi connectivity index (χ0n) is 11.8. The average molecular weight is 292 g/mol. The minimum atomic E-state index is 0.267. The lowest BCUT2D eigenvalue weighted by Crippen LogP contribution is -2.17. The lowest BCUT2D eigenvalue weighted by atomic mass is 10.00. The molecule has 0 aliphatic heterocycles. The lowest BCUT2D eigenvalue weighted by molar-refractivity contribution is 0.582. The molecular formula is C18H16N2S. The van der Waals surface area contributed by atoms with Crippen LogP contribution in [0.5, 0.6) is 0 Å². The highest BCUT2D eigenvalue weighted by Crippen LogP contribution is 2.24. The Hall–Kier alpha value is -2.15. The lowest BCUT2D eigenvalue weighted by Gasteiger charge is -2.16. The van der Waals surface area contributed by atoms with Crippen LogP contribution in [0.15, 0.2) is 53.9 Å². The standard InChI is InChI=1S/C18H16N2S/c1-13(20-11-16-9-14(10-19)12-21-16)17-8-4-6-15-5-2-3-7-18(15)17/h2-9,12-13,20H,11H2,1H3. The highest BCUT2D eigenvalue weighted by molar-refractivity contribution is 7.10. The Balaban J connectivity index is 1.78. The SMILES string of the molecule is CC(NCc1cc(C#N)cs1)c1cccc2ccccc12. The van der Waals surface area contributed by atoms with Crippen molar-refractivity contribution >= 4 is 22.1 Å². The maximum atomic E-state index is 8.86. The third-order valence-corrected chi connectivity index (χ3v) is 4.59. The summed E-state index contributed by atoms with van der Waals surface area (Å²) in [4.78, 5) is 1.19. The summed E-state index contributed by atoms with van der Waals surface area (Å²) in [5.74, 6) is 0. The maximum absolute atomic E-state index is 8.86. The molecule has 104 valence electrons. The van der Waals surface area contributed by atoms with Crippen LogP contribution in [0.1, 0.15) is 29.0 Å². The van der Waals surface area contributed by atoms with E-state index in [9.17, 15) is 0 Å². The number of rotatable bonds is 4. The van der Waals surface area contributed by atoms with Gasteiger partial charge in [0.05, 0.1) is 5.56 Å². The van der Waals surface area contributed by atoms with Crippen molar-refractivity contribution in [2.24, 2.45) is 0 Å². The van der Waals surface area contributed by atoms with Crippen molar-refractivity contribution in [2.75, 3.05) is 0 Å². The van der Waals surface area contributed by atoms with Crippen LogP contribution in [0, 0.1) is 11.3 Å². The van der Waals surface area contributed by atoms with Gasteiger partial charge in [0.1, 0.15) is 6.07 Å². The molecule has 2 aromatic carbocycles. The summed E-state index contributed by atoms with van der Waals surface area (Å²) >= 11 is 1.63. The highest BCUT2D eigenvalue weighted by atomic mass is 32.1. The van der Waals surface area contributed by atoms with Crippen LogP contribution < -0.4 is 5.32 Å². The van der Waals surface area contributed by atoms with Crippen LogP contribution >= 0.6 is 11.3 Å². The Kier molecular flexibility index (Phi) is 4.01. The number of hydrogen-bond acceptors (Lipinski definition) is 3. The first-order chi connectivity index (χ1) is 10.3. The first kappa shape index (κ1) is 13.8. The first-order valence-corrected chi connectivity index (χ1v) is 7.84. The van der Waals surface area contributed by atoms with Crippen molar-refractivity contribution in [3.05, 3.63) is 69.9 Å². The van der Waals surface area contributed by atoms with E-state index in [4.69, 9.17) is 5.26 Å². The maximum Gasteiger partial charge on any atom is 0.100 e. The largest absolute Gasteiger partial charge is 0.305 e. The van der Waals surface area contributed by atoms with Crippen LogP contribution in [0.3, 0.4) is 0 Å². The van der Waals surface area contributed by atoms with Gasteiger partial charge in [-0.2, -0.15) is 5.26 Å². The number of nitrogens with zero attached hydrogens (tertiary/aromatic N) is 1. The zero-order chi connectivity index (χ0) is 14.7. The van der Waals surface area contributed by atoms with Crippen LogP contribution in [-0.2, 0) is 6.54 Å². The minimum absolute atomic E-state index is 0.267. The van der Waals surface area contributed by atoms with Gasteiger partial charge in [0, 0.05) is 22.8 Å². The quantitative estimate of drug-likeness (QED) is 0.761. The second-order valence-electron chi connectivity index (χ2n) is 5.08. The van der Waals surface area contributed by atoms with Gasteiger partial charge in [-0.25, -0.2) is 0 Å². The molecule has 3 heteroatoms. The van der Waals surface area contributed by atoms with E-state index in [0.717, 1.165) is 12.1 Å². The van der Waals surface area contributed by atoms with Crippen molar-refractivity contribution in [3.63, 3.8) is 0 Å². The van der Waals surface area contributed by atoms with Gasteiger partial charge in [0.2, 0.25) is 0 Å². The molecule has 0 aliphatic carbocycles. The van der Waals surface area contributed by atoms with Gasteiger partial charge in [-0.1, -0.05) is 42.5 Å². The summed E-state index contributed by atoms with van der Waals surface area (Å²) in [5, 5.41) is 16.9. The van der Waals surface area contributed by atoms with Crippen LogP contribution in [0.25, 0.3) is 10.8 Å². The fourth-order valence-electron chi connectivity index (χ4n) is 2.52. The van der Waals surface area contributed by atoms with Gasteiger partial charge < -0.3 is 5.32 Å². The van der Waals surface area contributed by atoms with Gasteiger partial charge in [0.25, 0.3) is 0 Å². The Bertz CT molecular complexity index is 793. The van der Waals surface area contributed by atoms with Crippen molar-refractivity contribution in [3.8, 4) is 6.07 Å². The predicted octanol–water partition coefficient (Wildman–Crippen LogP) is 4.62. The molecular weight excluding hydrogens is 276 g/mol. The molecule has 0 radical (unpaired) electrons. The van der Waals surface area contributed by atoms with Crippen LogP contribution in [0.2, 0.25) is 0 Å². The van der Waals surface area contributed by atoms with Crippen LogP contribution in [-0.4, -0.2) is 0 Å². The third kappa shape index (κ3) is 2.97. The second kappa shape index (κ2) is 6.09. The van der Waals surface area contributed by atoms with Gasteiger partial charge in [0.15, 0.2) is 0 Å². The molecule has 1 N–H and O–H groups in total. The molecule has 0 saturated carbocycles. The molecule has 0 fully saturated rings. The Morgan fingerprint density at radius 3 is 2.81 bits per heavy atom. The number of thiophene rings is 1. The summed E-state index contributed by atoms with van der Waals surface area (Å²) in [6.45, 7) is 2.97. The van der Waals surface area contributed by atoms with Gasteiger partial charge in [-0.05, 0) is 29.3 Å². The monoisotopic (exact) mass is 292 g/mol. The van der Waals surface area contributed by atoms with E-state index in [0.29, 0.717) is 0 Å². The molecule has 0 spiro atoms. The molecule has 1 aromatic heterocycles. The van der Waals surface area contributed by atoms with E-state index in [1.165, 1.54) is 21.2 Å². The number of hydrogen-bond donors (Lipinski definition) is 1. The third-order valence-electron chi connectivity index (χ3n) is 3.66. The number of benzene rings is 2. The molecule has 1 heterocycles. The van der Waals surface area contributed by atoms with Gasteiger partial charge in [-0.3, -0.25) is 0 Å². The van der Waals surface area contributed by atoms with Crippen molar-refractivity contribution < 1.29 is 0 Å². The van der Waals surface area contributed by atoms with Crippen molar-refractivity contribution in [1.29, 1.82) is 5.26 Å². The summed E-state index contributed by atoms with van der Waals surface area (Å²) in [6, 6.07) is 19.3. The normalized spacial score (nSPS) is 12.2. The van der Waals surface area contributed by atoms with E-state index < -0.39 is 0 Å². The fourth-order valence-corrected chi connectivity index (χ4v) is 3.28. The minimum Gasteiger partial charge on any atom is -0.305 e. The number of fused-ring (bicyclic) bond motifs is 1. The summed E-state index contributed by atoms with van der Waals surface area (Å²) < 4.78 is 0. The first-order valence-electron chi connectivity index (χ1n) is 6.96. The Labute approximate surface area is 128 Å². The molecule has 21 heavy (non-hydrogen) atoms. The molecule has 3 aromatic rings.